The molecule has 0 aromatic carbocycles. The van der Waals surface area contributed by atoms with E-state index in [0.29, 0.717) is 6.04 Å². The Bertz CT molecular complexity index is 369. The maximum atomic E-state index is 3.49. The van der Waals surface area contributed by atoms with Gasteiger partial charge in [-0.1, -0.05) is 27.7 Å². The number of nitrogens with one attached hydrogen (secondary N) is 1. The third-order valence-electron chi connectivity index (χ3n) is 3.28. The quantitative estimate of drug-likeness (QED) is 0.774. The van der Waals surface area contributed by atoms with Crippen LogP contribution >= 0.6 is 11.3 Å². The third kappa shape index (κ3) is 6.55. The van der Waals surface area contributed by atoms with Crippen LogP contribution in [0.2, 0.25) is 0 Å². The van der Waals surface area contributed by atoms with E-state index in [9.17, 15) is 0 Å². The molecule has 1 rings (SSSR count). The molecule has 0 aliphatic carbocycles. The van der Waals surface area contributed by atoms with Crippen molar-refractivity contribution in [2.24, 2.45) is 5.92 Å². The molecule has 19 heavy (non-hydrogen) atoms. The minimum atomic E-state index is 0.555. The monoisotopic (exact) mass is 282 g/mol. The maximum Gasteiger partial charge on any atom is 0.0302 e. The van der Waals surface area contributed by atoms with Crippen LogP contribution in [-0.4, -0.2) is 24.5 Å². The Morgan fingerprint density at radius 1 is 1.26 bits per heavy atom. The molecular formula is C16H30N2S. The summed E-state index contributed by atoms with van der Waals surface area (Å²) in [6, 6.07) is 2.93. The molecule has 2 nitrogen and oxygen atoms in total. The summed E-state index contributed by atoms with van der Waals surface area (Å²) in [6.07, 6.45) is 1.28. The molecule has 0 aliphatic heterocycles. The lowest BCUT2D eigenvalue weighted by atomic mass is 10.1. The van der Waals surface area contributed by atoms with Gasteiger partial charge >= 0.3 is 0 Å². The van der Waals surface area contributed by atoms with Crippen LogP contribution in [0.5, 0.6) is 0 Å². The lowest BCUT2D eigenvalue weighted by Crippen LogP contribution is -2.21. The molecule has 1 heterocycles. The maximum absolute atomic E-state index is 3.49. The molecule has 1 N–H and O–H groups in total. The van der Waals surface area contributed by atoms with Crippen molar-refractivity contribution in [3.05, 3.63) is 21.4 Å². The van der Waals surface area contributed by atoms with Gasteiger partial charge in [-0.05, 0) is 44.5 Å². The summed E-state index contributed by atoms with van der Waals surface area (Å²) in [7, 11) is 2.23. The first-order valence-electron chi connectivity index (χ1n) is 7.38. The second-order valence-corrected chi connectivity index (χ2v) is 7.59. The minimum absolute atomic E-state index is 0.555. The lowest BCUT2D eigenvalue weighted by molar-refractivity contribution is 0.303. The van der Waals surface area contributed by atoms with Gasteiger partial charge in [-0.3, -0.25) is 0 Å². The number of nitrogens with zero attached hydrogens (tertiary/aromatic N) is 1. The van der Waals surface area contributed by atoms with Gasteiger partial charge in [0.15, 0.2) is 0 Å². The first kappa shape index (κ1) is 16.7. The number of thiophene rings is 1. The SMILES string of the molecule is Cc1sc(CNC(C)C)cc1CN(C)CCC(C)C. The minimum Gasteiger partial charge on any atom is -0.310 e. The smallest absolute Gasteiger partial charge is 0.0302 e. The van der Waals surface area contributed by atoms with Crippen LogP contribution in [0.25, 0.3) is 0 Å². The number of aryl methyl sites for hydroxylation is 1. The van der Waals surface area contributed by atoms with Crippen LogP contribution in [-0.2, 0) is 13.1 Å². The van der Waals surface area contributed by atoms with Crippen LogP contribution in [0.1, 0.15) is 49.4 Å². The molecule has 3 heteroatoms. The van der Waals surface area contributed by atoms with Gasteiger partial charge in [0, 0.05) is 28.9 Å². The third-order valence-corrected chi connectivity index (χ3v) is 4.38. The van der Waals surface area contributed by atoms with Gasteiger partial charge in [-0.15, -0.1) is 11.3 Å². The predicted octanol–water partition coefficient (Wildman–Crippen LogP) is 4.03. The highest BCUT2D eigenvalue weighted by Crippen LogP contribution is 2.23. The second kappa shape index (κ2) is 8.03. The molecule has 0 amide bonds. The highest BCUT2D eigenvalue weighted by atomic mass is 32.1. The lowest BCUT2D eigenvalue weighted by Gasteiger charge is -2.17. The van der Waals surface area contributed by atoms with Gasteiger partial charge in [-0.25, -0.2) is 0 Å². The molecule has 0 bridgehead atoms. The van der Waals surface area contributed by atoms with Crippen LogP contribution in [0, 0.1) is 12.8 Å². The molecule has 0 saturated heterocycles. The van der Waals surface area contributed by atoms with E-state index in [1.165, 1.54) is 28.3 Å². The highest BCUT2D eigenvalue weighted by molar-refractivity contribution is 7.12. The van der Waals surface area contributed by atoms with E-state index < -0.39 is 0 Å². The molecule has 0 atom stereocenters. The van der Waals surface area contributed by atoms with Crippen molar-refractivity contribution in [3.63, 3.8) is 0 Å². The Kier molecular flexibility index (Phi) is 7.05. The van der Waals surface area contributed by atoms with Crippen molar-refractivity contribution < 1.29 is 0 Å². The van der Waals surface area contributed by atoms with Crippen LogP contribution in [0.15, 0.2) is 6.07 Å². The molecule has 0 fully saturated rings. The largest absolute Gasteiger partial charge is 0.310 e. The van der Waals surface area contributed by atoms with Crippen LogP contribution < -0.4 is 5.32 Å². The van der Waals surface area contributed by atoms with Crippen molar-refractivity contribution in [1.82, 2.24) is 10.2 Å². The van der Waals surface area contributed by atoms with Gasteiger partial charge < -0.3 is 10.2 Å². The van der Waals surface area contributed by atoms with Crippen molar-refractivity contribution in [3.8, 4) is 0 Å². The van der Waals surface area contributed by atoms with Crippen molar-refractivity contribution in [1.29, 1.82) is 0 Å². The first-order valence-corrected chi connectivity index (χ1v) is 8.20. The van der Waals surface area contributed by atoms with Gasteiger partial charge in [0.1, 0.15) is 0 Å². The molecule has 0 spiro atoms. The van der Waals surface area contributed by atoms with E-state index in [1.807, 2.05) is 11.3 Å². The van der Waals surface area contributed by atoms with E-state index in [1.54, 1.807) is 0 Å². The Morgan fingerprint density at radius 3 is 2.53 bits per heavy atom. The zero-order chi connectivity index (χ0) is 14.4. The predicted molar refractivity (Wildman–Crippen MR) is 86.8 cm³/mol. The van der Waals surface area contributed by atoms with Crippen LogP contribution in [0.3, 0.4) is 0 Å². The van der Waals surface area contributed by atoms with Gasteiger partial charge in [-0.2, -0.15) is 0 Å². The fraction of sp³-hybridized carbons (Fsp3) is 0.750. The topological polar surface area (TPSA) is 15.3 Å². The standard InChI is InChI=1S/C16H30N2S/c1-12(2)7-8-18(6)11-15-9-16(19-14(15)5)10-17-13(3)4/h9,12-13,17H,7-8,10-11H2,1-6H3. The van der Waals surface area contributed by atoms with Gasteiger partial charge in [0.05, 0.1) is 0 Å². The summed E-state index contributed by atoms with van der Waals surface area (Å²) in [5, 5.41) is 3.49. The summed E-state index contributed by atoms with van der Waals surface area (Å²) in [6.45, 7) is 14.5. The van der Waals surface area contributed by atoms with E-state index in [-0.39, 0.29) is 0 Å². The van der Waals surface area contributed by atoms with Crippen molar-refractivity contribution in [2.75, 3.05) is 13.6 Å². The van der Waals surface area contributed by atoms with Crippen LogP contribution in [0.4, 0.5) is 0 Å². The normalized spacial score (nSPS) is 12.1. The molecule has 110 valence electrons. The van der Waals surface area contributed by atoms with Gasteiger partial charge in [0.25, 0.3) is 0 Å². The van der Waals surface area contributed by atoms with E-state index in [0.717, 1.165) is 19.0 Å². The summed E-state index contributed by atoms with van der Waals surface area (Å²) >= 11 is 1.93. The van der Waals surface area contributed by atoms with E-state index >= 15 is 0 Å². The molecule has 1 aromatic heterocycles. The van der Waals surface area contributed by atoms with Crippen molar-refractivity contribution in [2.45, 2.75) is 60.2 Å². The zero-order valence-electron chi connectivity index (χ0n) is 13.4. The second-order valence-electron chi connectivity index (χ2n) is 6.25. The van der Waals surface area contributed by atoms with E-state index in [4.69, 9.17) is 0 Å². The number of hydrogen-bond acceptors (Lipinski definition) is 3. The summed E-state index contributed by atoms with van der Waals surface area (Å²) in [5.74, 6) is 0.789. The molecule has 1 aromatic rings. The average molecular weight is 282 g/mol. The number of hydrogen-bond donors (Lipinski definition) is 1. The Hall–Kier alpha value is -0.380. The number of rotatable bonds is 8. The van der Waals surface area contributed by atoms with E-state index in [2.05, 4.69) is 57.9 Å². The summed E-state index contributed by atoms with van der Waals surface area (Å²) in [4.78, 5) is 5.37. The molecule has 0 saturated carbocycles. The van der Waals surface area contributed by atoms with Crippen molar-refractivity contribution >= 4 is 11.3 Å². The fourth-order valence-electron chi connectivity index (χ4n) is 1.98. The zero-order valence-corrected chi connectivity index (χ0v) is 14.2. The molecule has 0 unspecified atom stereocenters. The molecule has 0 radical (unpaired) electrons. The first-order chi connectivity index (χ1) is 8.88. The Balaban J connectivity index is 2.49. The summed E-state index contributed by atoms with van der Waals surface area (Å²) < 4.78 is 0. The fourth-order valence-corrected chi connectivity index (χ4v) is 2.99. The Labute approximate surface area is 123 Å². The Morgan fingerprint density at radius 2 is 1.95 bits per heavy atom. The highest BCUT2D eigenvalue weighted by Gasteiger charge is 2.09. The van der Waals surface area contributed by atoms with Gasteiger partial charge in [0.2, 0.25) is 0 Å². The average Bonchev–Trinajstić information content (AvgIpc) is 2.65. The summed E-state index contributed by atoms with van der Waals surface area (Å²) in [5.41, 5.74) is 1.50. The molecule has 0 aliphatic rings. The molecular weight excluding hydrogens is 252 g/mol.